The summed E-state index contributed by atoms with van der Waals surface area (Å²) in [4.78, 5) is 33.3. The topological polar surface area (TPSA) is 123 Å². The fourth-order valence-corrected chi connectivity index (χ4v) is 11.6. The number of rotatable bonds is 16. The Hall–Kier alpha value is -4.16. The summed E-state index contributed by atoms with van der Waals surface area (Å²) in [5.74, 6) is -2.82. The van der Waals surface area contributed by atoms with E-state index in [1.54, 1.807) is 0 Å². The van der Waals surface area contributed by atoms with Crippen LogP contribution in [-0.2, 0) is 26.8 Å². The SMILES string of the molecule is CC(C)(C)[Si](O[C@@H](CCc1ccc2c(n1)NCCC2)COCCC(CNC(=O)c1c(F)cncc1Cl)C(=O)O)(c1ccccc1)c1ccccc1. The molecule has 0 radical (unpaired) electrons. The first-order valence-corrected chi connectivity index (χ1v) is 19.7. The number of carbonyl (C=O) groups excluding carboxylic acids is 1. The van der Waals surface area contributed by atoms with E-state index in [9.17, 15) is 19.1 Å². The Labute approximate surface area is 305 Å². The Kier molecular flexibility index (Phi) is 13.0. The van der Waals surface area contributed by atoms with Gasteiger partial charge in [-0.2, -0.15) is 0 Å². The molecule has 0 spiro atoms. The first kappa shape index (κ1) is 38.1. The lowest BCUT2D eigenvalue weighted by molar-refractivity contribution is -0.142. The molecule has 9 nitrogen and oxygen atoms in total. The van der Waals surface area contributed by atoms with Gasteiger partial charge in [-0.3, -0.25) is 14.6 Å². The van der Waals surface area contributed by atoms with Crippen molar-refractivity contribution in [2.45, 2.75) is 64.0 Å². The minimum Gasteiger partial charge on any atom is -0.481 e. The smallest absolute Gasteiger partial charge is 0.308 e. The van der Waals surface area contributed by atoms with Gasteiger partial charge in [0.05, 0.1) is 35.4 Å². The zero-order chi connectivity index (χ0) is 36.4. The molecule has 1 aliphatic rings. The zero-order valence-electron chi connectivity index (χ0n) is 29.3. The highest BCUT2D eigenvalue weighted by molar-refractivity contribution is 6.99. The molecule has 0 saturated carbocycles. The number of aliphatic carboxylic acids is 1. The second kappa shape index (κ2) is 17.4. The largest absolute Gasteiger partial charge is 0.481 e. The summed E-state index contributed by atoms with van der Waals surface area (Å²) >= 11 is 5.97. The van der Waals surface area contributed by atoms with Crippen LogP contribution in [-0.4, -0.2) is 67.7 Å². The van der Waals surface area contributed by atoms with E-state index in [-0.39, 0.29) is 47.9 Å². The van der Waals surface area contributed by atoms with Crippen LogP contribution in [0.15, 0.2) is 85.2 Å². The minimum atomic E-state index is -2.94. The number of carbonyl (C=O) groups is 2. The molecule has 2 aromatic carbocycles. The number of anilines is 1. The Morgan fingerprint density at radius 2 is 1.71 bits per heavy atom. The van der Waals surface area contributed by atoms with Crippen LogP contribution in [0.25, 0.3) is 0 Å². The van der Waals surface area contributed by atoms with Gasteiger partial charge in [0, 0.05) is 31.6 Å². The number of carboxylic acids is 1. The van der Waals surface area contributed by atoms with Gasteiger partial charge in [-0.05, 0) is 59.1 Å². The number of hydrogen-bond acceptors (Lipinski definition) is 7. The molecule has 0 aliphatic carbocycles. The first-order valence-electron chi connectivity index (χ1n) is 17.4. The molecule has 3 heterocycles. The number of pyridine rings is 2. The summed E-state index contributed by atoms with van der Waals surface area (Å²) in [6.07, 6.45) is 5.21. The fourth-order valence-electron chi connectivity index (χ4n) is 6.62. The monoisotopic (exact) mass is 732 g/mol. The minimum absolute atomic E-state index is 0.110. The summed E-state index contributed by atoms with van der Waals surface area (Å²) in [5, 5.41) is 17.7. The van der Waals surface area contributed by atoms with Crippen molar-refractivity contribution in [1.29, 1.82) is 0 Å². The van der Waals surface area contributed by atoms with E-state index in [0.717, 1.165) is 53.7 Å². The molecule has 1 amide bonds. The van der Waals surface area contributed by atoms with Crippen molar-refractivity contribution < 1.29 is 28.2 Å². The number of nitrogens with zero attached hydrogens (tertiary/aromatic N) is 2. The number of benzene rings is 2. The van der Waals surface area contributed by atoms with Crippen LogP contribution in [0.4, 0.5) is 10.2 Å². The summed E-state index contributed by atoms with van der Waals surface area (Å²) < 4.78 is 27.9. The van der Waals surface area contributed by atoms with Crippen LogP contribution in [0, 0.1) is 11.7 Å². The highest BCUT2D eigenvalue weighted by atomic mass is 35.5. The van der Waals surface area contributed by atoms with E-state index >= 15 is 0 Å². The Bertz CT molecular complexity index is 1720. The number of nitrogens with one attached hydrogen (secondary N) is 2. The molecule has 3 N–H and O–H groups in total. The first-order chi connectivity index (χ1) is 24.5. The molecule has 2 aromatic heterocycles. The number of fused-ring (bicyclic) bond motifs is 1. The second-order valence-electron chi connectivity index (χ2n) is 13.9. The molecule has 4 aromatic rings. The van der Waals surface area contributed by atoms with E-state index in [1.807, 2.05) is 36.4 Å². The zero-order valence-corrected chi connectivity index (χ0v) is 31.1. The summed E-state index contributed by atoms with van der Waals surface area (Å²) in [6, 6.07) is 25.0. The lowest BCUT2D eigenvalue weighted by Gasteiger charge is -2.45. The molecule has 1 aliphatic heterocycles. The maximum Gasteiger partial charge on any atom is 0.308 e. The molecule has 12 heteroatoms. The quantitative estimate of drug-likeness (QED) is 0.0942. The summed E-state index contributed by atoms with van der Waals surface area (Å²) in [6.45, 7) is 7.70. The van der Waals surface area contributed by atoms with E-state index in [4.69, 9.17) is 25.7 Å². The molecule has 0 bridgehead atoms. The van der Waals surface area contributed by atoms with E-state index in [0.29, 0.717) is 12.8 Å². The number of hydrogen-bond donors (Lipinski definition) is 3. The number of aromatic nitrogens is 2. The maximum absolute atomic E-state index is 14.2. The van der Waals surface area contributed by atoms with Gasteiger partial charge < -0.3 is 24.9 Å². The van der Waals surface area contributed by atoms with Crippen molar-refractivity contribution in [2.75, 3.05) is 31.6 Å². The van der Waals surface area contributed by atoms with Crippen molar-refractivity contribution in [3.63, 3.8) is 0 Å². The van der Waals surface area contributed by atoms with Crippen molar-refractivity contribution in [2.24, 2.45) is 5.92 Å². The van der Waals surface area contributed by atoms with E-state index in [2.05, 4.69) is 72.8 Å². The van der Waals surface area contributed by atoms with Crippen LogP contribution in [0.1, 0.15) is 61.6 Å². The van der Waals surface area contributed by atoms with Gasteiger partial charge in [-0.1, -0.05) is 99.1 Å². The van der Waals surface area contributed by atoms with Gasteiger partial charge in [0.15, 0.2) is 5.82 Å². The van der Waals surface area contributed by atoms with Crippen LogP contribution >= 0.6 is 11.6 Å². The average molecular weight is 733 g/mol. The van der Waals surface area contributed by atoms with Crippen molar-refractivity contribution in [1.82, 2.24) is 15.3 Å². The van der Waals surface area contributed by atoms with E-state index < -0.39 is 31.9 Å². The Morgan fingerprint density at radius 1 is 1.02 bits per heavy atom. The highest BCUT2D eigenvalue weighted by Crippen LogP contribution is 2.38. The predicted molar refractivity (Wildman–Crippen MR) is 200 cm³/mol. The third-order valence-corrected chi connectivity index (χ3v) is 14.7. The fraction of sp³-hybridized carbons (Fsp3) is 0.385. The number of carboxylic acid groups (broad SMARTS) is 1. The standard InChI is InChI=1S/C39H46ClFN4O5Si/c1-39(2,3)51(31-12-6-4-7-13-31,32-14-8-5-9-15-32)50-30(19-18-29-17-16-27-11-10-21-43-36(27)45-29)26-49-22-20-28(38(47)48)23-44-37(46)35-33(40)24-42-25-34(35)41/h4-9,12-17,24-25,28,30H,10-11,18-23,26H2,1-3H3,(H,43,45)(H,44,46)(H,47,48)/t28?,30-/m0/s1. The second-order valence-corrected chi connectivity index (χ2v) is 18.5. The molecular formula is C39H46ClFN4O5Si. The number of aryl methyl sites for hydroxylation is 2. The number of amides is 1. The van der Waals surface area contributed by atoms with Gasteiger partial charge in [-0.25, -0.2) is 9.37 Å². The van der Waals surface area contributed by atoms with Crippen LogP contribution < -0.4 is 21.0 Å². The summed E-state index contributed by atoms with van der Waals surface area (Å²) in [5.41, 5.74) is 1.82. The lowest BCUT2D eigenvalue weighted by Crippen LogP contribution is -2.68. The number of halogens is 2. The van der Waals surface area contributed by atoms with Gasteiger partial charge in [-0.15, -0.1) is 0 Å². The highest BCUT2D eigenvalue weighted by Gasteiger charge is 2.51. The molecule has 5 rings (SSSR count). The van der Waals surface area contributed by atoms with Gasteiger partial charge in [0.2, 0.25) is 0 Å². The Balaban J connectivity index is 1.34. The third kappa shape index (κ3) is 9.39. The molecule has 51 heavy (non-hydrogen) atoms. The van der Waals surface area contributed by atoms with Gasteiger partial charge in [0.25, 0.3) is 14.2 Å². The lowest BCUT2D eigenvalue weighted by atomic mass is 10.1. The van der Waals surface area contributed by atoms with E-state index in [1.165, 1.54) is 5.56 Å². The average Bonchev–Trinajstić information content (AvgIpc) is 3.12. The molecule has 270 valence electrons. The summed E-state index contributed by atoms with van der Waals surface area (Å²) in [7, 11) is -2.94. The van der Waals surface area contributed by atoms with Crippen molar-refractivity contribution in [3.05, 3.63) is 113 Å². The van der Waals surface area contributed by atoms with Crippen LogP contribution in [0.5, 0.6) is 0 Å². The molecule has 0 fully saturated rings. The molecule has 1 unspecified atom stereocenters. The predicted octanol–water partition coefficient (Wildman–Crippen LogP) is 6.04. The van der Waals surface area contributed by atoms with Gasteiger partial charge in [0.1, 0.15) is 5.82 Å². The Morgan fingerprint density at radius 3 is 2.33 bits per heavy atom. The normalized spacial score (nSPS) is 14.2. The van der Waals surface area contributed by atoms with Gasteiger partial charge >= 0.3 is 5.97 Å². The van der Waals surface area contributed by atoms with Crippen molar-refractivity contribution in [3.8, 4) is 0 Å². The maximum atomic E-state index is 14.2. The molecular weight excluding hydrogens is 687 g/mol. The number of ether oxygens (including phenoxy) is 1. The van der Waals surface area contributed by atoms with Crippen LogP contribution in [0.3, 0.4) is 0 Å². The van der Waals surface area contributed by atoms with Crippen molar-refractivity contribution >= 4 is 48.0 Å². The van der Waals surface area contributed by atoms with Crippen LogP contribution in [0.2, 0.25) is 10.1 Å². The molecule has 2 atom stereocenters. The third-order valence-electron chi connectivity index (χ3n) is 9.29. The molecule has 0 saturated heterocycles.